The monoisotopic (exact) mass is 248 g/mol. The fraction of sp³-hybridized carbons (Fsp3) is 1.00. The van der Waals surface area contributed by atoms with Crippen molar-refractivity contribution in [2.45, 2.75) is 58.7 Å². The Morgan fingerprint density at radius 3 is 1.92 bits per heavy atom. The first-order chi connectivity index (χ1) is 5.99. The van der Waals surface area contributed by atoms with Gasteiger partial charge in [-0.1, -0.05) is 63.4 Å². The molecule has 0 aromatic rings. The number of halogens is 1. The Morgan fingerprint density at radius 2 is 1.62 bits per heavy atom. The first-order valence-corrected chi connectivity index (χ1v) is 6.54. The highest BCUT2D eigenvalue weighted by Gasteiger charge is 2.20. The van der Waals surface area contributed by atoms with E-state index in [2.05, 4.69) is 50.5 Å². The molecule has 1 heteroatoms. The third-order valence-corrected chi connectivity index (χ3v) is 3.58. The Bertz CT molecular complexity index is 110. The molecule has 3 unspecified atom stereocenters. The minimum Gasteiger partial charge on any atom is -0.0891 e. The van der Waals surface area contributed by atoms with E-state index in [4.69, 9.17) is 0 Å². The van der Waals surface area contributed by atoms with E-state index in [0.717, 1.165) is 17.8 Å². The van der Waals surface area contributed by atoms with Crippen LogP contribution in [0.1, 0.15) is 53.9 Å². The summed E-state index contributed by atoms with van der Waals surface area (Å²) in [7, 11) is 0. The minimum atomic E-state index is 0.659. The van der Waals surface area contributed by atoms with Crippen LogP contribution in [0.3, 0.4) is 0 Å². The maximum Gasteiger partial charge on any atom is 0.0148 e. The number of hydrogen-bond acceptors (Lipinski definition) is 0. The smallest absolute Gasteiger partial charge is 0.0148 e. The quantitative estimate of drug-likeness (QED) is 0.589. The van der Waals surface area contributed by atoms with Gasteiger partial charge in [-0.15, -0.1) is 0 Å². The van der Waals surface area contributed by atoms with Crippen molar-refractivity contribution in [2.75, 3.05) is 0 Å². The van der Waals surface area contributed by atoms with Crippen LogP contribution in [-0.2, 0) is 0 Å². The summed E-state index contributed by atoms with van der Waals surface area (Å²) in [6.07, 6.45) is 4.07. The second-order valence-electron chi connectivity index (χ2n) is 4.71. The Balaban J connectivity index is 3.94. The van der Waals surface area contributed by atoms with Crippen LogP contribution in [0, 0.1) is 17.8 Å². The molecule has 0 heterocycles. The van der Waals surface area contributed by atoms with Crippen LogP contribution in [0.4, 0.5) is 0 Å². The molecule has 0 amide bonds. The highest BCUT2D eigenvalue weighted by atomic mass is 79.9. The molecule has 0 aromatic heterocycles. The van der Waals surface area contributed by atoms with Crippen molar-refractivity contribution in [3.05, 3.63) is 0 Å². The third-order valence-electron chi connectivity index (χ3n) is 2.90. The van der Waals surface area contributed by atoms with Crippen LogP contribution in [-0.4, -0.2) is 4.83 Å². The van der Waals surface area contributed by atoms with Crippen LogP contribution in [0.2, 0.25) is 0 Å². The number of alkyl halides is 1. The molecule has 80 valence electrons. The normalized spacial score (nSPS) is 18.7. The molecule has 0 fully saturated rings. The van der Waals surface area contributed by atoms with E-state index in [1.807, 2.05) is 0 Å². The second kappa shape index (κ2) is 6.86. The Labute approximate surface area is 92.6 Å². The van der Waals surface area contributed by atoms with Gasteiger partial charge in [0.2, 0.25) is 0 Å². The van der Waals surface area contributed by atoms with E-state index >= 15 is 0 Å². The van der Waals surface area contributed by atoms with Crippen molar-refractivity contribution in [3.8, 4) is 0 Å². The van der Waals surface area contributed by atoms with E-state index in [9.17, 15) is 0 Å². The molecule has 0 N–H and O–H groups in total. The van der Waals surface area contributed by atoms with Gasteiger partial charge >= 0.3 is 0 Å². The standard InChI is InChI=1S/C12H25Br/c1-6-7-10(4)8-12(9(2)3)11(5)13/h9-12H,6-8H2,1-5H3. The van der Waals surface area contributed by atoms with Crippen LogP contribution in [0.5, 0.6) is 0 Å². The van der Waals surface area contributed by atoms with Crippen LogP contribution < -0.4 is 0 Å². The van der Waals surface area contributed by atoms with E-state index in [1.54, 1.807) is 0 Å². The molecule has 0 aromatic carbocycles. The highest BCUT2D eigenvalue weighted by Crippen LogP contribution is 2.29. The average Bonchev–Trinajstić information content (AvgIpc) is 1.99. The lowest BCUT2D eigenvalue weighted by Gasteiger charge is -2.26. The Morgan fingerprint density at radius 1 is 1.08 bits per heavy atom. The zero-order chi connectivity index (χ0) is 10.4. The lowest BCUT2D eigenvalue weighted by Crippen LogP contribution is -2.20. The summed E-state index contributed by atoms with van der Waals surface area (Å²) in [6, 6.07) is 0. The van der Waals surface area contributed by atoms with E-state index in [0.29, 0.717) is 4.83 Å². The first kappa shape index (κ1) is 13.5. The van der Waals surface area contributed by atoms with Gasteiger partial charge in [0.05, 0.1) is 0 Å². The highest BCUT2D eigenvalue weighted by molar-refractivity contribution is 9.09. The molecule has 0 aliphatic heterocycles. The van der Waals surface area contributed by atoms with Gasteiger partial charge in [0.25, 0.3) is 0 Å². The Hall–Kier alpha value is 0.480. The van der Waals surface area contributed by atoms with Crippen LogP contribution in [0.15, 0.2) is 0 Å². The maximum atomic E-state index is 3.72. The molecule has 0 aliphatic carbocycles. The van der Waals surface area contributed by atoms with E-state index < -0.39 is 0 Å². The van der Waals surface area contributed by atoms with Gasteiger partial charge in [-0.2, -0.15) is 0 Å². The van der Waals surface area contributed by atoms with Gasteiger partial charge in [0.15, 0.2) is 0 Å². The molecule has 0 bridgehead atoms. The van der Waals surface area contributed by atoms with Gasteiger partial charge in [-0.05, 0) is 24.2 Å². The fourth-order valence-electron chi connectivity index (χ4n) is 2.07. The molecule has 0 aliphatic rings. The number of hydrogen-bond donors (Lipinski definition) is 0. The summed E-state index contributed by atoms with van der Waals surface area (Å²) in [5, 5.41) is 0. The lowest BCUT2D eigenvalue weighted by molar-refractivity contribution is 0.298. The summed E-state index contributed by atoms with van der Waals surface area (Å²) >= 11 is 3.72. The van der Waals surface area contributed by atoms with Gasteiger partial charge in [-0.25, -0.2) is 0 Å². The second-order valence-corrected chi connectivity index (χ2v) is 6.16. The van der Waals surface area contributed by atoms with Gasteiger partial charge < -0.3 is 0 Å². The summed E-state index contributed by atoms with van der Waals surface area (Å²) in [4.78, 5) is 0.659. The van der Waals surface area contributed by atoms with Crippen LogP contribution in [0.25, 0.3) is 0 Å². The number of rotatable bonds is 6. The van der Waals surface area contributed by atoms with Crippen molar-refractivity contribution < 1.29 is 0 Å². The van der Waals surface area contributed by atoms with E-state index in [1.165, 1.54) is 19.3 Å². The third kappa shape index (κ3) is 5.72. The van der Waals surface area contributed by atoms with Gasteiger partial charge in [0, 0.05) is 4.83 Å². The predicted octanol–water partition coefficient (Wildman–Crippen LogP) is 4.87. The largest absolute Gasteiger partial charge is 0.0891 e. The zero-order valence-electron chi connectivity index (χ0n) is 9.81. The molecular formula is C12H25Br. The molecule has 3 atom stereocenters. The zero-order valence-corrected chi connectivity index (χ0v) is 11.4. The summed E-state index contributed by atoms with van der Waals surface area (Å²) in [6.45, 7) is 11.6. The van der Waals surface area contributed by atoms with Crippen molar-refractivity contribution in [1.29, 1.82) is 0 Å². The molecule has 0 nitrogen and oxygen atoms in total. The fourth-order valence-corrected chi connectivity index (χ4v) is 2.89. The predicted molar refractivity (Wildman–Crippen MR) is 65.4 cm³/mol. The first-order valence-electron chi connectivity index (χ1n) is 5.63. The SMILES string of the molecule is CCCC(C)CC(C(C)C)C(C)Br. The molecule has 0 saturated heterocycles. The molecule has 0 spiro atoms. The molecule has 13 heavy (non-hydrogen) atoms. The minimum absolute atomic E-state index is 0.659. The topological polar surface area (TPSA) is 0 Å². The van der Waals surface area contributed by atoms with E-state index in [-0.39, 0.29) is 0 Å². The lowest BCUT2D eigenvalue weighted by atomic mass is 9.84. The van der Waals surface area contributed by atoms with Crippen molar-refractivity contribution in [2.24, 2.45) is 17.8 Å². The van der Waals surface area contributed by atoms with Crippen molar-refractivity contribution >= 4 is 15.9 Å². The summed E-state index contributed by atoms with van der Waals surface area (Å²) in [5.74, 6) is 2.52. The van der Waals surface area contributed by atoms with Crippen molar-refractivity contribution in [1.82, 2.24) is 0 Å². The van der Waals surface area contributed by atoms with Crippen LogP contribution >= 0.6 is 15.9 Å². The summed E-state index contributed by atoms with van der Waals surface area (Å²) < 4.78 is 0. The van der Waals surface area contributed by atoms with Gasteiger partial charge in [0.1, 0.15) is 0 Å². The maximum absolute atomic E-state index is 3.72. The molecule has 0 radical (unpaired) electrons. The van der Waals surface area contributed by atoms with Gasteiger partial charge in [-0.3, -0.25) is 0 Å². The molecule has 0 rings (SSSR count). The van der Waals surface area contributed by atoms with Crippen molar-refractivity contribution in [3.63, 3.8) is 0 Å². The molecule has 0 saturated carbocycles. The summed E-state index contributed by atoms with van der Waals surface area (Å²) in [5.41, 5.74) is 0. The molecular weight excluding hydrogens is 224 g/mol. The Kier molecular flexibility index (Phi) is 7.12. The average molecular weight is 249 g/mol.